The molecule has 0 radical (unpaired) electrons. The molecule has 1 aliphatic rings. The van der Waals surface area contributed by atoms with E-state index in [0.29, 0.717) is 5.92 Å². The summed E-state index contributed by atoms with van der Waals surface area (Å²) >= 11 is 5.63. The van der Waals surface area contributed by atoms with Crippen molar-refractivity contribution in [1.29, 1.82) is 0 Å². The van der Waals surface area contributed by atoms with Crippen LogP contribution in [0.3, 0.4) is 0 Å². The first-order chi connectivity index (χ1) is 12.7. The standard InChI is InChI=1S/C22H29N3S/c1-3-18(2)20-9-11-21(12-10-20)23-22(26)25-15-13-24(14-16-25)17-19-7-5-4-6-8-19/h4-12,18H,3,13-17H2,1-2H3,(H,23,26). The number of hydrogen-bond donors (Lipinski definition) is 1. The summed E-state index contributed by atoms with van der Waals surface area (Å²) in [7, 11) is 0. The van der Waals surface area contributed by atoms with Crippen molar-refractivity contribution < 1.29 is 0 Å². The Labute approximate surface area is 163 Å². The summed E-state index contributed by atoms with van der Waals surface area (Å²) in [6.07, 6.45) is 1.17. The zero-order chi connectivity index (χ0) is 18.4. The van der Waals surface area contributed by atoms with Gasteiger partial charge in [-0.3, -0.25) is 4.90 Å². The van der Waals surface area contributed by atoms with Crippen LogP contribution >= 0.6 is 12.2 Å². The summed E-state index contributed by atoms with van der Waals surface area (Å²) in [6, 6.07) is 19.4. The number of piperazine rings is 1. The maximum absolute atomic E-state index is 5.63. The molecular formula is C22H29N3S. The summed E-state index contributed by atoms with van der Waals surface area (Å²) in [5.74, 6) is 0.605. The molecule has 1 saturated heterocycles. The Morgan fingerprint density at radius 1 is 1.00 bits per heavy atom. The van der Waals surface area contributed by atoms with Gasteiger partial charge in [0.2, 0.25) is 0 Å². The van der Waals surface area contributed by atoms with E-state index in [1.165, 1.54) is 17.5 Å². The third kappa shape index (κ3) is 5.05. The number of benzene rings is 2. The van der Waals surface area contributed by atoms with Gasteiger partial charge in [-0.05, 0) is 47.8 Å². The summed E-state index contributed by atoms with van der Waals surface area (Å²) < 4.78 is 0. The predicted octanol–water partition coefficient (Wildman–Crippen LogP) is 4.71. The molecule has 2 aromatic rings. The van der Waals surface area contributed by atoms with Gasteiger partial charge in [0, 0.05) is 38.4 Å². The van der Waals surface area contributed by atoms with Gasteiger partial charge in [0.15, 0.2) is 5.11 Å². The average molecular weight is 368 g/mol. The lowest BCUT2D eigenvalue weighted by Gasteiger charge is -2.36. The number of hydrogen-bond acceptors (Lipinski definition) is 2. The summed E-state index contributed by atoms with van der Waals surface area (Å²) in [6.45, 7) is 9.55. The third-order valence-electron chi connectivity index (χ3n) is 5.25. The zero-order valence-electron chi connectivity index (χ0n) is 15.8. The van der Waals surface area contributed by atoms with Crippen LogP contribution in [0.2, 0.25) is 0 Å². The normalized spacial score (nSPS) is 16.3. The Morgan fingerprint density at radius 2 is 1.65 bits per heavy atom. The first kappa shape index (κ1) is 18.9. The van der Waals surface area contributed by atoms with E-state index in [1.807, 2.05) is 0 Å². The van der Waals surface area contributed by atoms with E-state index in [4.69, 9.17) is 12.2 Å². The largest absolute Gasteiger partial charge is 0.346 e. The van der Waals surface area contributed by atoms with Crippen molar-refractivity contribution in [3.8, 4) is 0 Å². The first-order valence-corrected chi connectivity index (χ1v) is 9.98. The molecule has 1 heterocycles. The summed E-state index contributed by atoms with van der Waals surface area (Å²) in [5, 5.41) is 4.23. The molecule has 4 heteroatoms. The lowest BCUT2D eigenvalue weighted by atomic mass is 9.99. The van der Waals surface area contributed by atoms with Crippen molar-refractivity contribution in [2.24, 2.45) is 0 Å². The Balaban J connectivity index is 1.47. The zero-order valence-corrected chi connectivity index (χ0v) is 16.6. The monoisotopic (exact) mass is 367 g/mol. The maximum Gasteiger partial charge on any atom is 0.173 e. The van der Waals surface area contributed by atoms with Gasteiger partial charge in [-0.2, -0.15) is 0 Å². The van der Waals surface area contributed by atoms with Crippen LogP contribution in [-0.2, 0) is 6.54 Å². The quantitative estimate of drug-likeness (QED) is 0.771. The van der Waals surface area contributed by atoms with Crippen molar-refractivity contribution in [2.45, 2.75) is 32.7 Å². The van der Waals surface area contributed by atoms with E-state index in [-0.39, 0.29) is 0 Å². The minimum atomic E-state index is 0.605. The molecule has 0 spiro atoms. The lowest BCUT2D eigenvalue weighted by molar-refractivity contribution is 0.177. The van der Waals surface area contributed by atoms with Gasteiger partial charge >= 0.3 is 0 Å². The number of anilines is 1. The molecular weight excluding hydrogens is 338 g/mol. The van der Waals surface area contributed by atoms with Crippen molar-refractivity contribution in [3.05, 3.63) is 65.7 Å². The molecule has 138 valence electrons. The molecule has 0 aromatic heterocycles. The lowest BCUT2D eigenvalue weighted by Crippen LogP contribution is -2.49. The summed E-state index contributed by atoms with van der Waals surface area (Å²) in [5.41, 5.74) is 3.84. The van der Waals surface area contributed by atoms with Gasteiger partial charge in [0.1, 0.15) is 0 Å². The highest BCUT2D eigenvalue weighted by Crippen LogP contribution is 2.21. The molecule has 26 heavy (non-hydrogen) atoms. The van der Waals surface area contributed by atoms with E-state index < -0.39 is 0 Å². The minimum Gasteiger partial charge on any atom is -0.346 e. The fraction of sp³-hybridized carbons (Fsp3) is 0.409. The van der Waals surface area contributed by atoms with E-state index >= 15 is 0 Å². The van der Waals surface area contributed by atoms with Crippen LogP contribution in [0.25, 0.3) is 0 Å². The second-order valence-electron chi connectivity index (χ2n) is 7.11. The smallest absolute Gasteiger partial charge is 0.173 e. The van der Waals surface area contributed by atoms with Gasteiger partial charge in [0.25, 0.3) is 0 Å². The Morgan fingerprint density at radius 3 is 2.27 bits per heavy atom. The van der Waals surface area contributed by atoms with Gasteiger partial charge in [-0.25, -0.2) is 0 Å². The van der Waals surface area contributed by atoms with Crippen molar-refractivity contribution >= 4 is 23.0 Å². The summed E-state index contributed by atoms with van der Waals surface area (Å²) in [4.78, 5) is 4.77. The first-order valence-electron chi connectivity index (χ1n) is 9.58. The van der Waals surface area contributed by atoms with E-state index in [0.717, 1.165) is 43.5 Å². The van der Waals surface area contributed by atoms with Crippen LogP contribution in [0.15, 0.2) is 54.6 Å². The van der Waals surface area contributed by atoms with Crippen LogP contribution in [0.1, 0.15) is 37.3 Å². The Hall–Kier alpha value is -1.91. The number of nitrogens with one attached hydrogen (secondary N) is 1. The predicted molar refractivity (Wildman–Crippen MR) is 115 cm³/mol. The minimum absolute atomic E-state index is 0.605. The van der Waals surface area contributed by atoms with E-state index in [2.05, 4.69) is 83.6 Å². The van der Waals surface area contributed by atoms with Gasteiger partial charge < -0.3 is 10.2 Å². The number of nitrogens with zero attached hydrogens (tertiary/aromatic N) is 2. The molecule has 0 aliphatic carbocycles. The number of rotatable bonds is 5. The van der Waals surface area contributed by atoms with Crippen molar-refractivity contribution in [2.75, 3.05) is 31.5 Å². The second kappa shape index (κ2) is 9.15. The molecule has 1 unspecified atom stereocenters. The molecule has 1 fully saturated rings. The Kier molecular flexibility index (Phi) is 6.64. The highest BCUT2D eigenvalue weighted by Gasteiger charge is 2.19. The van der Waals surface area contributed by atoms with Crippen LogP contribution in [-0.4, -0.2) is 41.1 Å². The third-order valence-corrected chi connectivity index (χ3v) is 5.61. The van der Waals surface area contributed by atoms with Gasteiger partial charge in [-0.1, -0.05) is 56.3 Å². The SMILES string of the molecule is CCC(C)c1ccc(NC(=S)N2CCN(Cc3ccccc3)CC2)cc1. The second-order valence-corrected chi connectivity index (χ2v) is 7.50. The molecule has 1 atom stereocenters. The molecule has 1 aliphatic heterocycles. The van der Waals surface area contributed by atoms with Gasteiger partial charge in [0.05, 0.1) is 0 Å². The van der Waals surface area contributed by atoms with Crippen LogP contribution in [0, 0.1) is 0 Å². The topological polar surface area (TPSA) is 18.5 Å². The molecule has 0 amide bonds. The van der Waals surface area contributed by atoms with Crippen molar-refractivity contribution in [1.82, 2.24) is 9.80 Å². The van der Waals surface area contributed by atoms with E-state index in [1.54, 1.807) is 0 Å². The van der Waals surface area contributed by atoms with Gasteiger partial charge in [-0.15, -0.1) is 0 Å². The van der Waals surface area contributed by atoms with Crippen LogP contribution in [0.4, 0.5) is 5.69 Å². The molecule has 1 N–H and O–H groups in total. The molecule has 0 bridgehead atoms. The molecule has 0 saturated carbocycles. The number of thiocarbonyl (C=S) groups is 1. The van der Waals surface area contributed by atoms with E-state index in [9.17, 15) is 0 Å². The van der Waals surface area contributed by atoms with Crippen LogP contribution < -0.4 is 5.32 Å². The van der Waals surface area contributed by atoms with Crippen LogP contribution in [0.5, 0.6) is 0 Å². The fourth-order valence-electron chi connectivity index (χ4n) is 3.28. The fourth-order valence-corrected chi connectivity index (χ4v) is 3.58. The maximum atomic E-state index is 5.63. The average Bonchev–Trinajstić information content (AvgIpc) is 2.69. The molecule has 2 aromatic carbocycles. The molecule has 3 nitrogen and oxygen atoms in total. The highest BCUT2D eigenvalue weighted by molar-refractivity contribution is 7.80. The Bertz CT molecular complexity index is 691. The molecule has 3 rings (SSSR count). The highest BCUT2D eigenvalue weighted by atomic mass is 32.1. The van der Waals surface area contributed by atoms with Crippen molar-refractivity contribution in [3.63, 3.8) is 0 Å².